The van der Waals surface area contributed by atoms with Crippen LogP contribution in [0.1, 0.15) is 28.2 Å². The van der Waals surface area contributed by atoms with Gasteiger partial charge in [0.2, 0.25) is 11.8 Å². The Morgan fingerprint density at radius 2 is 1.39 bits per heavy atom. The molecule has 0 saturated carbocycles. The largest absolute Gasteiger partial charge is 0.480 e. The summed E-state index contributed by atoms with van der Waals surface area (Å²) in [5.74, 6) is -4.26. The second-order valence-electron chi connectivity index (χ2n) is 8.23. The molecule has 3 aliphatic carbocycles. The summed E-state index contributed by atoms with van der Waals surface area (Å²) in [5.41, 5.74) is 1.44. The number of carbonyl (C=O) groups excluding carboxylic acids is 2. The molecule has 1 fully saturated rings. The van der Waals surface area contributed by atoms with Crippen LogP contribution in [0, 0.1) is 11.8 Å². The summed E-state index contributed by atoms with van der Waals surface area (Å²) in [6, 6.07) is 21.2. The maximum absolute atomic E-state index is 13.8. The Bertz CT molecular complexity index is 1270. The molecular formula is C25H16ClNO4. The van der Waals surface area contributed by atoms with Crippen molar-refractivity contribution in [1.82, 2.24) is 0 Å². The third-order valence-electron chi connectivity index (χ3n) is 7.05. The van der Waals surface area contributed by atoms with Gasteiger partial charge in [-0.1, -0.05) is 72.3 Å². The van der Waals surface area contributed by atoms with E-state index in [-0.39, 0.29) is 10.9 Å². The molecular weight excluding hydrogens is 414 g/mol. The van der Waals surface area contributed by atoms with Crippen LogP contribution in [-0.4, -0.2) is 22.9 Å². The molecule has 0 spiro atoms. The maximum atomic E-state index is 13.8. The Hall–Kier alpha value is -3.44. The number of para-hydroxylation sites is 1. The highest BCUT2D eigenvalue weighted by molar-refractivity contribution is 6.36. The summed E-state index contributed by atoms with van der Waals surface area (Å²) in [6.07, 6.45) is 0. The van der Waals surface area contributed by atoms with Gasteiger partial charge in [-0.3, -0.25) is 14.4 Å². The van der Waals surface area contributed by atoms with Gasteiger partial charge in [0.25, 0.3) is 0 Å². The molecule has 6 heteroatoms. The molecule has 3 aromatic carbocycles. The molecule has 0 unspecified atom stereocenters. The van der Waals surface area contributed by atoms with Gasteiger partial charge >= 0.3 is 5.97 Å². The third-order valence-corrected chi connectivity index (χ3v) is 7.37. The average molecular weight is 430 g/mol. The molecule has 1 saturated heterocycles. The number of carboxylic acids is 1. The van der Waals surface area contributed by atoms with Crippen LogP contribution in [0.3, 0.4) is 0 Å². The molecule has 31 heavy (non-hydrogen) atoms. The molecule has 1 heterocycles. The summed E-state index contributed by atoms with van der Waals surface area (Å²) < 4.78 is 0. The van der Waals surface area contributed by atoms with Crippen molar-refractivity contribution in [3.8, 4) is 0 Å². The first-order valence-corrected chi connectivity index (χ1v) is 10.4. The molecule has 5 nitrogen and oxygen atoms in total. The predicted octanol–water partition coefficient (Wildman–Crippen LogP) is 3.98. The predicted molar refractivity (Wildman–Crippen MR) is 114 cm³/mol. The van der Waals surface area contributed by atoms with Crippen LogP contribution < -0.4 is 4.90 Å². The van der Waals surface area contributed by atoms with Crippen LogP contribution in [0.2, 0.25) is 5.02 Å². The molecule has 1 aliphatic heterocycles. The average Bonchev–Trinajstić information content (AvgIpc) is 3.05. The SMILES string of the molecule is O=C1[C@@H]2C3c4ccccc4C(C(=O)O)(c4ccccc43)[C@H]2C(=O)N1c1ccccc1Cl. The van der Waals surface area contributed by atoms with Crippen molar-refractivity contribution >= 4 is 35.1 Å². The fourth-order valence-electron chi connectivity index (χ4n) is 6.01. The number of aliphatic carboxylic acids is 1. The Morgan fingerprint density at radius 3 is 1.97 bits per heavy atom. The number of hydrogen-bond acceptors (Lipinski definition) is 3. The molecule has 4 aliphatic rings. The zero-order valence-corrected chi connectivity index (χ0v) is 16.9. The quantitative estimate of drug-likeness (QED) is 0.625. The maximum Gasteiger partial charge on any atom is 0.319 e. The normalized spacial score (nSPS) is 27.6. The molecule has 2 atom stereocenters. The van der Waals surface area contributed by atoms with Gasteiger partial charge in [-0.15, -0.1) is 0 Å². The van der Waals surface area contributed by atoms with Crippen molar-refractivity contribution in [2.24, 2.45) is 11.8 Å². The second-order valence-corrected chi connectivity index (χ2v) is 8.64. The van der Waals surface area contributed by atoms with Crippen molar-refractivity contribution in [2.45, 2.75) is 11.3 Å². The van der Waals surface area contributed by atoms with E-state index in [9.17, 15) is 19.5 Å². The van der Waals surface area contributed by atoms with E-state index in [1.165, 1.54) is 0 Å². The number of imide groups is 1. The van der Waals surface area contributed by atoms with Gasteiger partial charge in [0.1, 0.15) is 5.41 Å². The van der Waals surface area contributed by atoms with Crippen LogP contribution in [-0.2, 0) is 19.8 Å². The molecule has 1 N–H and O–H groups in total. The first kappa shape index (κ1) is 18.3. The number of benzene rings is 3. The summed E-state index contributed by atoms with van der Waals surface area (Å²) in [6.45, 7) is 0. The van der Waals surface area contributed by atoms with Gasteiger partial charge in [-0.25, -0.2) is 4.90 Å². The van der Waals surface area contributed by atoms with Crippen LogP contribution in [0.5, 0.6) is 0 Å². The molecule has 7 rings (SSSR count). The highest BCUT2D eigenvalue weighted by Crippen LogP contribution is 2.64. The van der Waals surface area contributed by atoms with E-state index in [0.717, 1.165) is 16.0 Å². The van der Waals surface area contributed by atoms with Crippen LogP contribution in [0.4, 0.5) is 5.69 Å². The van der Waals surface area contributed by atoms with Gasteiger partial charge in [-0.05, 0) is 34.4 Å². The number of halogens is 1. The van der Waals surface area contributed by atoms with E-state index in [2.05, 4.69) is 0 Å². The number of carbonyl (C=O) groups is 3. The summed E-state index contributed by atoms with van der Waals surface area (Å²) >= 11 is 6.33. The first-order valence-electron chi connectivity index (χ1n) is 10.0. The van der Waals surface area contributed by atoms with Crippen molar-refractivity contribution in [2.75, 3.05) is 4.90 Å². The van der Waals surface area contributed by atoms with Gasteiger partial charge < -0.3 is 5.11 Å². The standard InChI is InChI=1S/C25H16ClNO4/c26-17-11-5-6-12-18(17)27-22(28)20-19-13-7-1-3-9-15(13)25(24(30)31,21(20)23(27)29)16-10-4-2-8-14(16)19/h1-12,19-21H,(H,30,31)/t19?,20-,21-,25?/m1/s1. The minimum absolute atomic E-state index is 0.273. The van der Waals surface area contributed by atoms with Gasteiger partial charge in [0.15, 0.2) is 0 Å². The Kier molecular flexibility index (Phi) is 3.58. The zero-order chi connectivity index (χ0) is 21.5. The monoisotopic (exact) mass is 429 g/mol. The first-order chi connectivity index (χ1) is 15.0. The molecule has 2 bridgehead atoms. The number of amides is 2. The topological polar surface area (TPSA) is 74.7 Å². The number of rotatable bonds is 2. The zero-order valence-electron chi connectivity index (χ0n) is 16.2. The number of nitrogens with zero attached hydrogens (tertiary/aromatic N) is 1. The van der Waals surface area contributed by atoms with Crippen molar-refractivity contribution in [3.63, 3.8) is 0 Å². The minimum atomic E-state index is -1.63. The fraction of sp³-hybridized carbons (Fsp3) is 0.160. The Balaban J connectivity index is 1.69. The van der Waals surface area contributed by atoms with Crippen molar-refractivity contribution in [3.05, 3.63) is 100 Å². The second kappa shape index (κ2) is 6.05. The van der Waals surface area contributed by atoms with Crippen LogP contribution >= 0.6 is 11.6 Å². The minimum Gasteiger partial charge on any atom is -0.480 e. The lowest BCUT2D eigenvalue weighted by atomic mass is 9.47. The van der Waals surface area contributed by atoms with Crippen LogP contribution in [0.25, 0.3) is 0 Å². The van der Waals surface area contributed by atoms with Gasteiger partial charge in [0.05, 0.1) is 22.5 Å². The molecule has 2 amide bonds. The molecule has 152 valence electrons. The molecule has 0 aromatic heterocycles. The van der Waals surface area contributed by atoms with E-state index in [0.29, 0.717) is 16.8 Å². The van der Waals surface area contributed by atoms with Crippen LogP contribution in [0.15, 0.2) is 72.8 Å². The van der Waals surface area contributed by atoms with E-state index in [1.54, 1.807) is 48.5 Å². The summed E-state index contributed by atoms with van der Waals surface area (Å²) in [5, 5.41) is 10.9. The molecule has 0 radical (unpaired) electrons. The van der Waals surface area contributed by atoms with E-state index < -0.39 is 35.0 Å². The summed E-state index contributed by atoms with van der Waals surface area (Å²) in [4.78, 5) is 41.7. The fourth-order valence-corrected chi connectivity index (χ4v) is 6.23. The van der Waals surface area contributed by atoms with E-state index in [1.807, 2.05) is 24.3 Å². The third kappa shape index (κ3) is 2.00. The van der Waals surface area contributed by atoms with E-state index in [4.69, 9.17) is 11.6 Å². The van der Waals surface area contributed by atoms with Crippen molar-refractivity contribution in [1.29, 1.82) is 0 Å². The van der Waals surface area contributed by atoms with Gasteiger partial charge in [-0.2, -0.15) is 0 Å². The number of hydrogen-bond donors (Lipinski definition) is 1. The van der Waals surface area contributed by atoms with Crippen molar-refractivity contribution < 1.29 is 19.5 Å². The lowest BCUT2D eigenvalue weighted by molar-refractivity contribution is -0.149. The Morgan fingerprint density at radius 1 is 0.839 bits per heavy atom. The Labute approximate surface area is 182 Å². The van der Waals surface area contributed by atoms with Gasteiger partial charge in [0, 0.05) is 5.92 Å². The highest BCUT2D eigenvalue weighted by atomic mass is 35.5. The molecule has 3 aromatic rings. The summed E-state index contributed by atoms with van der Waals surface area (Å²) in [7, 11) is 0. The number of carboxylic acid groups (broad SMARTS) is 1. The number of anilines is 1. The van der Waals surface area contributed by atoms with E-state index >= 15 is 0 Å². The lowest BCUT2D eigenvalue weighted by Gasteiger charge is -2.51. The lowest BCUT2D eigenvalue weighted by Crippen LogP contribution is -2.57. The highest BCUT2D eigenvalue weighted by Gasteiger charge is 2.71. The smallest absolute Gasteiger partial charge is 0.319 e.